The third-order valence-electron chi connectivity index (χ3n) is 8.52. The Labute approximate surface area is 232 Å². The summed E-state index contributed by atoms with van der Waals surface area (Å²) in [7, 11) is 1.51. The van der Waals surface area contributed by atoms with Crippen molar-refractivity contribution in [2.45, 2.75) is 43.1 Å². The lowest BCUT2D eigenvalue weighted by Gasteiger charge is -2.23. The number of carbonyl (C=O) groups is 1. The van der Waals surface area contributed by atoms with Crippen molar-refractivity contribution in [2.75, 3.05) is 12.4 Å². The molecule has 0 aliphatic heterocycles. The Morgan fingerprint density at radius 2 is 1.98 bits per heavy atom. The molecule has 0 radical (unpaired) electrons. The largest absolute Gasteiger partial charge is 0.389 e. The second kappa shape index (κ2) is 9.29. The molecule has 12 heteroatoms. The van der Waals surface area contributed by atoms with Gasteiger partial charge in [-0.1, -0.05) is 12.1 Å². The number of hydrogen-bond donors (Lipinski definition) is 4. The summed E-state index contributed by atoms with van der Waals surface area (Å²) in [6, 6.07) is 8.50. The number of benzene rings is 1. The monoisotopic (exact) mass is 557 g/mol. The van der Waals surface area contributed by atoms with E-state index in [1.807, 2.05) is 6.07 Å². The third kappa shape index (κ3) is 4.03. The van der Waals surface area contributed by atoms with E-state index in [0.29, 0.717) is 41.1 Å². The van der Waals surface area contributed by atoms with Gasteiger partial charge in [-0.05, 0) is 54.5 Å². The molecule has 3 aliphatic carbocycles. The molecule has 2 unspecified atom stereocenters. The van der Waals surface area contributed by atoms with Gasteiger partial charge >= 0.3 is 0 Å². The van der Waals surface area contributed by atoms with Crippen LogP contribution in [0.15, 0.2) is 48.9 Å². The number of imidazole rings is 1. The number of aliphatic hydroxyl groups is 2. The van der Waals surface area contributed by atoms with Crippen LogP contribution in [0.3, 0.4) is 0 Å². The molecule has 1 amide bonds. The first-order chi connectivity index (χ1) is 19.8. The Hall–Kier alpha value is -4.47. The lowest BCUT2D eigenvalue weighted by molar-refractivity contribution is -0.132. The molecule has 4 N–H and O–H groups in total. The first-order valence-corrected chi connectivity index (χ1v) is 13.3. The van der Waals surface area contributed by atoms with E-state index in [1.54, 1.807) is 29.0 Å². The number of amides is 1. The highest BCUT2D eigenvalue weighted by molar-refractivity contribution is 5.88. The number of hydrogen-bond acceptors (Lipinski definition) is 8. The van der Waals surface area contributed by atoms with Crippen molar-refractivity contribution < 1.29 is 23.8 Å². The quantitative estimate of drug-likeness (QED) is 0.273. The molecule has 0 saturated heterocycles. The van der Waals surface area contributed by atoms with Crippen LogP contribution in [0.5, 0.6) is 0 Å². The van der Waals surface area contributed by atoms with Gasteiger partial charge in [0.2, 0.25) is 11.7 Å². The number of pyridine rings is 1. The third-order valence-corrected chi connectivity index (χ3v) is 8.52. The molecule has 3 fully saturated rings. The molecule has 0 spiro atoms. The maximum absolute atomic E-state index is 13.8. The number of aromatic nitrogens is 5. The predicted molar refractivity (Wildman–Crippen MR) is 142 cm³/mol. The molecule has 0 bridgehead atoms. The first kappa shape index (κ1) is 25.5. The van der Waals surface area contributed by atoms with Crippen molar-refractivity contribution >= 4 is 22.9 Å². The minimum Gasteiger partial charge on any atom is -0.389 e. The molecule has 3 aromatic heterocycles. The zero-order chi connectivity index (χ0) is 28.5. The van der Waals surface area contributed by atoms with Crippen molar-refractivity contribution in [3.05, 3.63) is 77.6 Å². The smallest absolute Gasteiger partial charge is 0.229 e. The van der Waals surface area contributed by atoms with Crippen LogP contribution in [0, 0.1) is 34.8 Å². The van der Waals surface area contributed by atoms with Gasteiger partial charge < -0.3 is 25.4 Å². The number of rotatable bonds is 5. The van der Waals surface area contributed by atoms with Gasteiger partial charge in [-0.2, -0.15) is 0 Å². The number of nitrogens with one attached hydrogen (secondary N) is 2. The lowest BCUT2D eigenvalue weighted by Crippen LogP contribution is -2.41. The number of fused-ring (bicyclic) bond motifs is 2. The number of halogens is 2. The van der Waals surface area contributed by atoms with Gasteiger partial charge in [0, 0.05) is 31.1 Å². The zero-order valence-electron chi connectivity index (χ0n) is 21.8. The van der Waals surface area contributed by atoms with Crippen molar-refractivity contribution in [1.29, 1.82) is 0 Å². The van der Waals surface area contributed by atoms with Crippen molar-refractivity contribution in [3.63, 3.8) is 0 Å². The Bertz CT molecular complexity index is 1750. The van der Waals surface area contributed by atoms with E-state index >= 15 is 0 Å². The average Bonchev–Trinajstić information content (AvgIpc) is 3.86. The van der Waals surface area contributed by atoms with Crippen LogP contribution in [-0.4, -0.2) is 65.9 Å². The SMILES string of the molecule is CNC(=O)[C@@]12C[C@@H]1[C@@H](n1cnc3c(NC4CC4c4ccc(F)c(F)c4)nc(C#Cc4ccccn4)nc31)[C@H](O)[C@@H]2O. The summed E-state index contributed by atoms with van der Waals surface area (Å²) < 4.78 is 29.0. The predicted octanol–water partition coefficient (Wildman–Crippen LogP) is 1.90. The summed E-state index contributed by atoms with van der Waals surface area (Å²) in [4.78, 5) is 30.6. The average molecular weight is 558 g/mol. The van der Waals surface area contributed by atoms with Crippen LogP contribution >= 0.6 is 0 Å². The molecule has 3 aliphatic rings. The molecular weight excluding hydrogens is 532 g/mol. The van der Waals surface area contributed by atoms with Crippen molar-refractivity contribution in [1.82, 2.24) is 29.8 Å². The highest BCUT2D eigenvalue weighted by atomic mass is 19.2. The molecule has 208 valence electrons. The van der Waals surface area contributed by atoms with Gasteiger partial charge in [-0.15, -0.1) is 0 Å². The van der Waals surface area contributed by atoms with Crippen LogP contribution in [0.1, 0.15) is 41.9 Å². The highest BCUT2D eigenvalue weighted by Gasteiger charge is 2.75. The Morgan fingerprint density at radius 1 is 1.12 bits per heavy atom. The van der Waals surface area contributed by atoms with Crippen LogP contribution in [0.25, 0.3) is 11.2 Å². The van der Waals surface area contributed by atoms with Gasteiger partial charge in [-0.3, -0.25) is 4.79 Å². The van der Waals surface area contributed by atoms with E-state index in [0.717, 1.165) is 6.07 Å². The normalized spacial score (nSPS) is 29.4. The van der Waals surface area contributed by atoms with Gasteiger partial charge in [0.05, 0.1) is 23.9 Å². The highest BCUT2D eigenvalue weighted by Crippen LogP contribution is 2.67. The molecule has 7 atom stereocenters. The summed E-state index contributed by atoms with van der Waals surface area (Å²) in [6.07, 6.45) is 1.81. The van der Waals surface area contributed by atoms with Crippen LogP contribution in [-0.2, 0) is 4.79 Å². The van der Waals surface area contributed by atoms with E-state index < -0.39 is 35.3 Å². The minimum absolute atomic E-state index is 0.0494. The fourth-order valence-corrected chi connectivity index (χ4v) is 6.28. The van der Waals surface area contributed by atoms with E-state index in [2.05, 4.69) is 42.4 Å². The van der Waals surface area contributed by atoms with Crippen LogP contribution < -0.4 is 10.6 Å². The van der Waals surface area contributed by atoms with E-state index in [4.69, 9.17) is 0 Å². The van der Waals surface area contributed by atoms with E-state index in [-0.39, 0.29) is 29.6 Å². The maximum atomic E-state index is 13.8. The van der Waals surface area contributed by atoms with Gasteiger partial charge in [0.1, 0.15) is 11.8 Å². The first-order valence-electron chi connectivity index (χ1n) is 13.3. The molecule has 3 saturated carbocycles. The summed E-state index contributed by atoms with van der Waals surface area (Å²) in [5.41, 5.74) is 0.951. The standard InChI is InChI=1S/C29H25F2N7O3/c1-32-28(41)29-12-17(29)23(24(39)25(29)40)38-13-34-22-26(35-20-11-16(20)14-5-7-18(30)19(31)10-14)36-21(37-27(22)38)8-6-15-4-2-3-9-33-15/h2-5,7,9-10,13,16-17,20,23-25,39-40H,11-12H2,1H3,(H,32,41)(H,35,36,37)/t16?,17-,20?,23-,24+,25+,29+/m1/s1. The molecular formula is C29H25F2N7O3. The molecule has 3 heterocycles. The summed E-state index contributed by atoms with van der Waals surface area (Å²) in [6.45, 7) is 0. The zero-order valence-corrected chi connectivity index (χ0v) is 21.8. The fraction of sp³-hybridized carbons (Fsp3) is 0.345. The molecule has 10 nitrogen and oxygen atoms in total. The number of aliphatic hydroxyl groups excluding tert-OH is 2. The number of nitrogens with zero attached hydrogens (tertiary/aromatic N) is 5. The van der Waals surface area contributed by atoms with E-state index in [9.17, 15) is 23.8 Å². The van der Waals surface area contributed by atoms with Crippen molar-refractivity contribution in [2.24, 2.45) is 11.3 Å². The van der Waals surface area contributed by atoms with Crippen LogP contribution in [0.4, 0.5) is 14.6 Å². The molecule has 1 aromatic carbocycles. The summed E-state index contributed by atoms with van der Waals surface area (Å²) in [5, 5.41) is 27.8. The van der Waals surface area contributed by atoms with Gasteiger partial charge in [0.15, 0.2) is 28.6 Å². The summed E-state index contributed by atoms with van der Waals surface area (Å²) in [5.74, 6) is 4.02. The molecule has 41 heavy (non-hydrogen) atoms. The minimum atomic E-state index is -1.24. The lowest BCUT2D eigenvalue weighted by atomic mass is 9.98. The van der Waals surface area contributed by atoms with E-state index in [1.165, 1.54) is 19.4 Å². The topological polar surface area (TPSA) is 138 Å². The van der Waals surface area contributed by atoms with Gasteiger partial charge in [0.25, 0.3) is 0 Å². The van der Waals surface area contributed by atoms with Crippen molar-refractivity contribution in [3.8, 4) is 11.8 Å². The second-order valence-corrected chi connectivity index (χ2v) is 10.8. The number of carbonyl (C=O) groups excluding carboxylic acids is 1. The molecule has 4 aromatic rings. The fourth-order valence-electron chi connectivity index (χ4n) is 6.28. The van der Waals surface area contributed by atoms with Gasteiger partial charge in [-0.25, -0.2) is 28.7 Å². The Balaban J connectivity index is 1.26. The second-order valence-electron chi connectivity index (χ2n) is 10.8. The number of anilines is 1. The maximum Gasteiger partial charge on any atom is 0.229 e. The Kier molecular flexibility index (Phi) is 5.78. The summed E-state index contributed by atoms with van der Waals surface area (Å²) >= 11 is 0. The Morgan fingerprint density at radius 3 is 2.73 bits per heavy atom. The molecule has 7 rings (SSSR count). The van der Waals surface area contributed by atoms with Crippen LogP contribution in [0.2, 0.25) is 0 Å².